The second-order valence-corrected chi connectivity index (χ2v) is 10.7. The van der Waals surface area contributed by atoms with Crippen LogP contribution in [0.25, 0.3) is 22.4 Å². The molecule has 0 spiro atoms. The van der Waals surface area contributed by atoms with Crippen LogP contribution in [-0.2, 0) is 16.0 Å². The highest BCUT2D eigenvalue weighted by Crippen LogP contribution is 2.45. The predicted octanol–water partition coefficient (Wildman–Crippen LogP) is 7.29. The van der Waals surface area contributed by atoms with Gasteiger partial charge in [0.2, 0.25) is 0 Å². The summed E-state index contributed by atoms with van der Waals surface area (Å²) in [5.74, 6) is 1.47. The number of nitrogens with zero attached hydrogens (tertiary/aromatic N) is 1. The summed E-state index contributed by atoms with van der Waals surface area (Å²) in [6, 6.07) is 17.2. The van der Waals surface area contributed by atoms with Crippen LogP contribution in [0.5, 0.6) is 17.2 Å². The van der Waals surface area contributed by atoms with Crippen molar-refractivity contribution in [3.05, 3.63) is 94.4 Å². The fourth-order valence-electron chi connectivity index (χ4n) is 6.18. The van der Waals surface area contributed by atoms with Crippen LogP contribution >= 0.6 is 0 Å². The van der Waals surface area contributed by atoms with Gasteiger partial charge in [-0.3, -0.25) is 9.78 Å². The Balaban J connectivity index is 1.28. The fourth-order valence-corrected chi connectivity index (χ4v) is 6.18. The largest absolute Gasteiger partial charge is 0.495 e. The van der Waals surface area contributed by atoms with E-state index in [1.54, 1.807) is 19.4 Å². The molecule has 2 atom stereocenters. The number of aryl methyl sites for hydroxylation is 2. The maximum atomic E-state index is 15.3. The molecule has 0 saturated carbocycles. The van der Waals surface area contributed by atoms with Crippen molar-refractivity contribution in [3.8, 4) is 39.6 Å². The third-order valence-corrected chi connectivity index (χ3v) is 8.14. The molecular weight excluding hydrogens is 521 g/mol. The molecule has 6 nitrogen and oxygen atoms in total. The number of carbonyl (C=O) groups is 1. The molecule has 0 bridgehead atoms. The summed E-state index contributed by atoms with van der Waals surface area (Å²) in [6.07, 6.45) is 2.98. The maximum absolute atomic E-state index is 15.3. The molecule has 0 fully saturated rings. The summed E-state index contributed by atoms with van der Waals surface area (Å²) < 4.78 is 37.6. The summed E-state index contributed by atoms with van der Waals surface area (Å²) >= 11 is 0. The Bertz CT molecular complexity index is 1610. The van der Waals surface area contributed by atoms with Gasteiger partial charge in [-0.05, 0) is 90.9 Å². The molecule has 0 saturated heterocycles. The van der Waals surface area contributed by atoms with Gasteiger partial charge in [0.25, 0.3) is 0 Å². The van der Waals surface area contributed by atoms with E-state index in [-0.39, 0.29) is 24.1 Å². The molecule has 7 heteroatoms. The van der Waals surface area contributed by atoms with Gasteiger partial charge in [-0.25, -0.2) is 4.39 Å². The van der Waals surface area contributed by atoms with Crippen molar-refractivity contribution < 1.29 is 28.1 Å². The molecule has 210 valence electrons. The number of benzene rings is 3. The van der Waals surface area contributed by atoms with Gasteiger partial charge in [0.15, 0.2) is 0 Å². The van der Waals surface area contributed by atoms with Crippen LogP contribution in [0, 0.1) is 19.7 Å². The van der Waals surface area contributed by atoms with Gasteiger partial charge in [-0.2, -0.15) is 0 Å². The highest BCUT2D eigenvalue weighted by Gasteiger charge is 2.32. The first-order valence-corrected chi connectivity index (χ1v) is 13.8. The number of rotatable bonds is 7. The van der Waals surface area contributed by atoms with Crippen LogP contribution in [0.4, 0.5) is 4.39 Å². The summed E-state index contributed by atoms with van der Waals surface area (Å²) in [4.78, 5) is 16.3. The smallest absolute Gasteiger partial charge is 0.306 e. The van der Waals surface area contributed by atoms with Crippen molar-refractivity contribution in [3.63, 3.8) is 0 Å². The molecule has 0 amide bonds. The van der Waals surface area contributed by atoms with Crippen LogP contribution in [0.1, 0.15) is 52.7 Å². The van der Waals surface area contributed by atoms with Crippen molar-refractivity contribution in [2.45, 2.75) is 45.1 Å². The van der Waals surface area contributed by atoms with Crippen LogP contribution in [0.15, 0.2) is 60.8 Å². The van der Waals surface area contributed by atoms with E-state index in [2.05, 4.69) is 31.0 Å². The number of carbonyl (C=O) groups excluding carboxylic acids is 1. The Morgan fingerprint density at radius 1 is 1.02 bits per heavy atom. The van der Waals surface area contributed by atoms with Crippen molar-refractivity contribution in [2.75, 3.05) is 20.8 Å². The van der Waals surface area contributed by atoms with E-state index in [1.165, 1.54) is 7.11 Å². The average molecular weight is 554 g/mol. The number of hydrogen-bond donors (Lipinski definition) is 0. The highest BCUT2D eigenvalue weighted by atomic mass is 19.1. The van der Waals surface area contributed by atoms with E-state index in [9.17, 15) is 4.79 Å². The van der Waals surface area contributed by atoms with Crippen LogP contribution in [-0.4, -0.2) is 31.8 Å². The zero-order valence-corrected chi connectivity index (χ0v) is 23.6. The van der Waals surface area contributed by atoms with E-state index in [0.717, 1.165) is 51.1 Å². The lowest BCUT2D eigenvalue weighted by Crippen LogP contribution is -2.09. The highest BCUT2D eigenvalue weighted by molar-refractivity contribution is 5.79. The summed E-state index contributed by atoms with van der Waals surface area (Å²) in [5, 5.41) is 0. The zero-order chi connectivity index (χ0) is 28.7. The van der Waals surface area contributed by atoms with Crippen LogP contribution < -0.4 is 14.2 Å². The van der Waals surface area contributed by atoms with Crippen molar-refractivity contribution >= 4 is 5.97 Å². The van der Waals surface area contributed by atoms with Crippen LogP contribution in [0.3, 0.4) is 0 Å². The molecule has 0 unspecified atom stereocenters. The second kappa shape index (κ2) is 10.9. The summed E-state index contributed by atoms with van der Waals surface area (Å²) in [6.45, 7) is 4.60. The Morgan fingerprint density at radius 2 is 1.80 bits per heavy atom. The zero-order valence-electron chi connectivity index (χ0n) is 23.6. The van der Waals surface area contributed by atoms with Gasteiger partial charge in [0.1, 0.15) is 29.2 Å². The third kappa shape index (κ3) is 5.01. The third-order valence-electron chi connectivity index (χ3n) is 8.14. The first-order chi connectivity index (χ1) is 19.9. The molecule has 3 aromatic carbocycles. The normalized spacial score (nSPS) is 17.0. The van der Waals surface area contributed by atoms with Crippen molar-refractivity contribution in [2.24, 2.45) is 0 Å². The minimum Gasteiger partial charge on any atom is -0.495 e. The van der Waals surface area contributed by atoms with Crippen molar-refractivity contribution in [1.29, 1.82) is 0 Å². The Kier molecular flexibility index (Phi) is 7.12. The molecule has 1 aliphatic carbocycles. The number of esters is 1. The second-order valence-electron chi connectivity index (χ2n) is 10.7. The molecule has 4 aromatic rings. The molecule has 0 radical (unpaired) electrons. The Labute approximate surface area is 239 Å². The van der Waals surface area contributed by atoms with Gasteiger partial charge in [0, 0.05) is 28.7 Å². The summed E-state index contributed by atoms with van der Waals surface area (Å²) in [5.41, 5.74) is 8.83. The molecule has 1 aromatic heterocycles. The molecule has 2 heterocycles. The standard InChI is InChI=1S/C34H32FNO5/c1-19-13-21(29-11-6-24(38-3)17-36-29)14-20(2)33(19)26-8-10-28(35)34-27(26)9-12-30(34)41-23-5-7-25-22(15-32(37)39-4)18-40-31(25)16-23/h5-8,10-11,13-14,16-17,22,30H,9,12,15,18H2,1-4H3/t22-,30-/m1/s1. The lowest BCUT2D eigenvalue weighted by Gasteiger charge is -2.19. The fraction of sp³-hybridized carbons (Fsp3) is 0.294. The molecule has 1 aliphatic heterocycles. The quantitative estimate of drug-likeness (QED) is 0.224. The number of aromatic nitrogens is 1. The van der Waals surface area contributed by atoms with Gasteiger partial charge >= 0.3 is 5.97 Å². The van der Waals surface area contributed by atoms with E-state index < -0.39 is 6.10 Å². The topological polar surface area (TPSA) is 66.9 Å². The first kappa shape index (κ1) is 26.8. The van der Waals surface area contributed by atoms with Gasteiger partial charge in [-0.1, -0.05) is 12.1 Å². The molecular formula is C34H32FNO5. The number of halogens is 1. The molecule has 41 heavy (non-hydrogen) atoms. The maximum Gasteiger partial charge on any atom is 0.306 e. The van der Waals surface area contributed by atoms with E-state index >= 15 is 4.39 Å². The van der Waals surface area contributed by atoms with Gasteiger partial charge in [-0.15, -0.1) is 0 Å². The van der Waals surface area contributed by atoms with E-state index in [4.69, 9.17) is 18.9 Å². The average Bonchev–Trinajstić information content (AvgIpc) is 3.58. The first-order valence-electron chi connectivity index (χ1n) is 13.8. The van der Waals surface area contributed by atoms with Crippen molar-refractivity contribution in [1.82, 2.24) is 4.98 Å². The lowest BCUT2D eigenvalue weighted by molar-refractivity contribution is -0.141. The minimum absolute atomic E-state index is 0.0444. The SMILES string of the molecule is COC(=O)C[C@@H]1COc2cc(O[C@@H]3CCc4c(-c5c(C)cc(-c6ccc(OC)cn6)cc5C)ccc(F)c43)ccc21. The molecule has 6 rings (SSSR count). The Morgan fingerprint density at radius 3 is 2.51 bits per heavy atom. The number of fused-ring (bicyclic) bond motifs is 2. The minimum atomic E-state index is -0.404. The Hall–Kier alpha value is -4.39. The monoisotopic (exact) mass is 553 g/mol. The number of ether oxygens (including phenoxy) is 4. The van der Waals surface area contributed by atoms with Gasteiger partial charge in [0.05, 0.1) is 39.1 Å². The van der Waals surface area contributed by atoms with Gasteiger partial charge < -0.3 is 18.9 Å². The number of hydrogen-bond acceptors (Lipinski definition) is 6. The molecule has 0 N–H and O–H groups in total. The van der Waals surface area contributed by atoms with E-state index in [0.29, 0.717) is 35.8 Å². The predicted molar refractivity (Wildman–Crippen MR) is 154 cm³/mol. The lowest BCUT2D eigenvalue weighted by atomic mass is 9.88. The van der Waals surface area contributed by atoms with E-state index in [1.807, 2.05) is 36.4 Å². The summed E-state index contributed by atoms with van der Waals surface area (Å²) in [7, 11) is 3.01. The van der Waals surface area contributed by atoms with Crippen LogP contribution in [0.2, 0.25) is 0 Å². The number of pyridine rings is 1. The number of methoxy groups -OCH3 is 2. The molecule has 2 aliphatic rings.